The lowest BCUT2D eigenvalue weighted by Crippen LogP contribution is -2.62. The summed E-state index contributed by atoms with van der Waals surface area (Å²) < 4.78 is 5.37. The molecular weight excluding hydrogens is 250 g/mol. The van der Waals surface area contributed by atoms with Crippen molar-refractivity contribution in [1.29, 1.82) is 0 Å². The monoisotopic (exact) mass is 277 g/mol. The van der Waals surface area contributed by atoms with Gasteiger partial charge in [0.15, 0.2) is 0 Å². The van der Waals surface area contributed by atoms with Crippen LogP contribution in [0.15, 0.2) is 4.52 Å². The van der Waals surface area contributed by atoms with E-state index in [1.165, 1.54) is 31.2 Å². The molecule has 0 aromatic carbocycles. The fourth-order valence-electron chi connectivity index (χ4n) is 4.20. The summed E-state index contributed by atoms with van der Waals surface area (Å²) in [5.74, 6) is 0.973. The van der Waals surface area contributed by atoms with Gasteiger partial charge in [-0.1, -0.05) is 18.0 Å². The van der Waals surface area contributed by atoms with Crippen LogP contribution in [0.4, 0.5) is 0 Å². The number of aryl methyl sites for hydroxylation is 2. The van der Waals surface area contributed by atoms with Crippen molar-refractivity contribution < 1.29 is 4.52 Å². The Kier molecular flexibility index (Phi) is 3.63. The molecular formula is C16H27N3O. The molecule has 1 aromatic heterocycles. The average molecular weight is 277 g/mol. The van der Waals surface area contributed by atoms with E-state index >= 15 is 0 Å². The predicted octanol–water partition coefficient (Wildman–Crippen LogP) is 2.96. The molecule has 2 aliphatic rings. The Hall–Kier alpha value is -0.870. The number of rotatable bonds is 2. The van der Waals surface area contributed by atoms with Crippen molar-refractivity contribution in [3.05, 3.63) is 17.0 Å². The van der Waals surface area contributed by atoms with Gasteiger partial charge in [0.2, 0.25) is 0 Å². The Morgan fingerprint density at radius 3 is 2.65 bits per heavy atom. The standard InChI is InChI=1S/C16H27N3O/c1-11-9-17-16(7-5-6-8-16)10-19(11)13(3)15-12(2)18-20-14(15)4/h11,13,17H,5-10H2,1-4H3. The fourth-order valence-corrected chi connectivity index (χ4v) is 4.20. The second-order valence-corrected chi connectivity index (χ2v) is 6.80. The van der Waals surface area contributed by atoms with Crippen LogP contribution in [0.5, 0.6) is 0 Å². The van der Waals surface area contributed by atoms with E-state index in [0.29, 0.717) is 17.6 Å². The van der Waals surface area contributed by atoms with E-state index in [2.05, 4.69) is 36.1 Å². The number of piperazine rings is 1. The fraction of sp³-hybridized carbons (Fsp3) is 0.812. The maximum Gasteiger partial charge on any atom is 0.138 e. The maximum absolute atomic E-state index is 5.37. The van der Waals surface area contributed by atoms with Gasteiger partial charge < -0.3 is 9.84 Å². The number of hydrogen-bond donors (Lipinski definition) is 1. The minimum Gasteiger partial charge on any atom is -0.361 e. The number of aromatic nitrogens is 1. The Morgan fingerprint density at radius 2 is 2.05 bits per heavy atom. The Labute approximate surface area is 121 Å². The molecule has 0 amide bonds. The first-order valence-electron chi connectivity index (χ1n) is 7.96. The van der Waals surface area contributed by atoms with Crippen LogP contribution in [0.2, 0.25) is 0 Å². The van der Waals surface area contributed by atoms with Crippen LogP contribution in [0.25, 0.3) is 0 Å². The Balaban J connectivity index is 1.84. The second-order valence-electron chi connectivity index (χ2n) is 6.80. The second kappa shape index (κ2) is 5.15. The number of nitrogens with one attached hydrogen (secondary N) is 1. The summed E-state index contributed by atoms with van der Waals surface area (Å²) in [5, 5.41) is 7.95. The summed E-state index contributed by atoms with van der Waals surface area (Å²) in [5.41, 5.74) is 2.69. The van der Waals surface area contributed by atoms with E-state index in [1.54, 1.807) is 0 Å². The van der Waals surface area contributed by atoms with E-state index in [4.69, 9.17) is 4.52 Å². The largest absolute Gasteiger partial charge is 0.361 e. The smallest absolute Gasteiger partial charge is 0.138 e. The molecule has 1 saturated heterocycles. The lowest BCUT2D eigenvalue weighted by atomic mass is 9.90. The van der Waals surface area contributed by atoms with E-state index in [0.717, 1.165) is 24.5 Å². The van der Waals surface area contributed by atoms with Gasteiger partial charge in [0, 0.05) is 36.3 Å². The molecule has 2 heterocycles. The summed E-state index contributed by atoms with van der Waals surface area (Å²) >= 11 is 0. The van der Waals surface area contributed by atoms with Crippen LogP contribution in [0, 0.1) is 13.8 Å². The highest BCUT2D eigenvalue weighted by atomic mass is 16.5. The molecule has 4 nitrogen and oxygen atoms in total. The summed E-state index contributed by atoms with van der Waals surface area (Å²) in [6, 6.07) is 0.945. The topological polar surface area (TPSA) is 41.3 Å². The molecule has 3 rings (SSSR count). The zero-order valence-electron chi connectivity index (χ0n) is 13.2. The molecule has 1 aliphatic heterocycles. The van der Waals surface area contributed by atoms with Gasteiger partial charge in [-0.05, 0) is 40.5 Å². The van der Waals surface area contributed by atoms with E-state index < -0.39 is 0 Å². The minimum atomic E-state index is 0.361. The van der Waals surface area contributed by atoms with Crippen molar-refractivity contribution in [2.24, 2.45) is 0 Å². The highest BCUT2D eigenvalue weighted by Gasteiger charge is 2.42. The summed E-state index contributed by atoms with van der Waals surface area (Å²) in [6.45, 7) is 11.0. The van der Waals surface area contributed by atoms with Crippen LogP contribution in [-0.2, 0) is 0 Å². The summed E-state index contributed by atoms with van der Waals surface area (Å²) in [6.07, 6.45) is 5.39. The highest BCUT2D eigenvalue weighted by molar-refractivity contribution is 5.25. The third-order valence-electron chi connectivity index (χ3n) is 5.39. The quantitative estimate of drug-likeness (QED) is 0.902. The van der Waals surface area contributed by atoms with Gasteiger partial charge in [0.1, 0.15) is 5.76 Å². The van der Waals surface area contributed by atoms with Gasteiger partial charge in [-0.3, -0.25) is 4.90 Å². The first kappa shape index (κ1) is 14.1. The van der Waals surface area contributed by atoms with E-state index in [-0.39, 0.29) is 0 Å². The van der Waals surface area contributed by atoms with Gasteiger partial charge in [-0.15, -0.1) is 0 Å². The van der Waals surface area contributed by atoms with E-state index in [1.807, 2.05) is 6.92 Å². The molecule has 112 valence electrons. The molecule has 4 heteroatoms. The Bertz CT molecular complexity index is 457. The molecule has 1 aromatic rings. The van der Waals surface area contributed by atoms with Crippen LogP contribution in [-0.4, -0.2) is 34.7 Å². The minimum absolute atomic E-state index is 0.361. The third kappa shape index (κ3) is 2.29. The van der Waals surface area contributed by atoms with E-state index in [9.17, 15) is 0 Å². The van der Waals surface area contributed by atoms with Gasteiger partial charge in [0.25, 0.3) is 0 Å². The molecule has 1 N–H and O–H groups in total. The number of nitrogens with zero attached hydrogens (tertiary/aromatic N) is 2. The molecule has 2 fully saturated rings. The van der Waals surface area contributed by atoms with Gasteiger partial charge in [-0.2, -0.15) is 0 Å². The predicted molar refractivity (Wildman–Crippen MR) is 79.8 cm³/mol. The molecule has 0 radical (unpaired) electrons. The van der Waals surface area contributed by atoms with Crippen molar-refractivity contribution in [3.8, 4) is 0 Å². The van der Waals surface area contributed by atoms with Crippen LogP contribution in [0.1, 0.15) is 62.6 Å². The van der Waals surface area contributed by atoms with Crippen molar-refractivity contribution in [3.63, 3.8) is 0 Å². The summed E-state index contributed by atoms with van der Waals surface area (Å²) in [4.78, 5) is 2.65. The highest BCUT2D eigenvalue weighted by Crippen LogP contribution is 2.37. The van der Waals surface area contributed by atoms with Gasteiger partial charge in [0.05, 0.1) is 5.69 Å². The molecule has 2 unspecified atom stereocenters. The number of hydrogen-bond acceptors (Lipinski definition) is 4. The first-order valence-corrected chi connectivity index (χ1v) is 7.96. The lowest BCUT2D eigenvalue weighted by molar-refractivity contribution is 0.0556. The SMILES string of the molecule is Cc1noc(C)c1C(C)N1CC2(CCCC2)NCC1C. The van der Waals surface area contributed by atoms with Gasteiger partial charge >= 0.3 is 0 Å². The maximum atomic E-state index is 5.37. The van der Waals surface area contributed by atoms with Crippen LogP contribution in [0.3, 0.4) is 0 Å². The molecule has 20 heavy (non-hydrogen) atoms. The Morgan fingerprint density at radius 1 is 1.35 bits per heavy atom. The molecule has 1 aliphatic carbocycles. The molecule has 1 spiro atoms. The molecule has 0 bridgehead atoms. The zero-order chi connectivity index (χ0) is 14.3. The van der Waals surface area contributed by atoms with Crippen molar-refractivity contribution >= 4 is 0 Å². The molecule has 2 atom stereocenters. The van der Waals surface area contributed by atoms with Crippen molar-refractivity contribution in [2.75, 3.05) is 13.1 Å². The van der Waals surface area contributed by atoms with Crippen molar-refractivity contribution in [2.45, 2.75) is 71.0 Å². The normalized spacial score (nSPS) is 28.1. The summed E-state index contributed by atoms with van der Waals surface area (Å²) in [7, 11) is 0. The first-order chi connectivity index (χ1) is 9.52. The van der Waals surface area contributed by atoms with Gasteiger partial charge in [-0.25, -0.2) is 0 Å². The zero-order valence-corrected chi connectivity index (χ0v) is 13.2. The third-order valence-corrected chi connectivity index (χ3v) is 5.39. The molecule has 1 saturated carbocycles. The van der Waals surface area contributed by atoms with Crippen molar-refractivity contribution in [1.82, 2.24) is 15.4 Å². The van der Waals surface area contributed by atoms with Crippen LogP contribution >= 0.6 is 0 Å². The average Bonchev–Trinajstić information content (AvgIpc) is 3.00. The van der Waals surface area contributed by atoms with Crippen LogP contribution < -0.4 is 5.32 Å². The lowest BCUT2D eigenvalue weighted by Gasteiger charge is -2.47.